The molecule has 26 heavy (non-hydrogen) atoms. The van der Waals surface area contributed by atoms with Gasteiger partial charge in [-0.1, -0.05) is 66.7 Å². The minimum atomic E-state index is -0.155. The number of carbonyl (C=O) groups is 2. The third-order valence-electron chi connectivity index (χ3n) is 5.79. The number of unbranched alkanes of at least 4 members (excludes halogenated alkanes) is 4. The van der Waals surface area contributed by atoms with Crippen LogP contribution in [-0.2, 0) is 19.1 Å². The van der Waals surface area contributed by atoms with E-state index in [0.29, 0.717) is 25.6 Å². The van der Waals surface area contributed by atoms with Crippen LogP contribution < -0.4 is 0 Å². The monoisotopic (exact) mass is 368 g/mol. The smallest absolute Gasteiger partial charge is 0.308 e. The van der Waals surface area contributed by atoms with Crippen molar-refractivity contribution in [2.45, 2.75) is 92.4 Å². The van der Waals surface area contributed by atoms with E-state index in [9.17, 15) is 9.59 Å². The first kappa shape index (κ1) is 23.0. The zero-order valence-corrected chi connectivity index (χ0v) is 17.6. The summed E-state index contributed by atoms with van der Waals surface area (Å²) in [6.07, 6.45) is 8.85. The minimum Gasteiger partial charge on any atom is -0.465 e. The Balaban J connectivity index is 2.31. The second-order valence-electron chi connectivity index (χ2n) is 9.04. The summed E-state index contributed by atoms with van der Waals surface area (Å²) in [5.74, 6) is -0.252. The zero-order chi connectivity index (χ0) is 19.6. The lowest BCUT2D eigenvalue weighted by Crippen LogP contribution is -2.31. The van der Waals surface area contributed by atoms with Gasteiger partial charge in [-0.15, -0.1) is 0 Å². The molecule has 1 saturated carbocycles. The molecule has 3 unspecified atom stereocenters. The van der Waals surface area contributed by atoms with Gasteiger partial charge in [0.15, 0.2) is 0 Å². The third-order valence-corrected chi connectivity index (χ3v) is 5.79. The summed E-state index contributed by atoms with van der Waals surface area (Å²) >= 11 is 0. The van der Waals surface area contributed by atoms with Gasteiger partial charge in [0, 0.05) is 0 Å². The quantitative estimate of drug-likeness (QED) is 0.376. The van der Waals surface area contributed by atoms with Gasteiger partial charge in [0.25, 0.3) is 0 Å². The standard InChI is InChI=1S/C22H40O4/c1-6-7-8-9-10-14-25-20(23)18-12-11-13-19(15-18)21(24)26-16-17(2)22(3,4)5/h17-19H,6-16H2,1-5H3. The van der Waals surface area contributed by atoms with Gasteiger partial charge in [-0.25, -0.2) is 0 Å². The number of hydrogen-bond acceptors (Lipinski definition) is 4. The second-order valence-corrected chi connectivity index (χ2v) is 9.04. The molecule has 0 bridgehead atoms. The van der Waals surface area contributed by atoms with Gasteiger partial charge >= 0.3 is 11.9 Å². The van der Waals surface area contributed by atoms with Crippen molar-refractivity contribution in [3.05, 3.63) is 0 Å². The van der Waals surface area contributed by atoms with Crippen LogP contribution in [0, 0.1) is 23.2 Å². The molecule has 0 radical (unpaired) electrons. The molecule has 0 N–H and O–H groups in total. The highest BCUT2D eigenvalue weighted by Gasteiger charge is 2.33. The van der Waals surface area contributed by atoms with Crippen LogP contribution in [0.3, 0.4) is 0 Å². The first-order valence-corrected chi connectivity index (χ1v) is 10.6. The summed E-state index contributed by atoms with van der Waals surface area (Å²) in [5, 5.41) is 0. The normalized spacial score (nSPS) is 21.9. The van der Waals surface area contributed by atoms with Gasteiger partial charge in [0.2, 0.25) is 0 Å². The van der Waals surface area contributed by atoms with Crippen molar-refractivity contribution < 1.29 is 19.1 Å². The van der Waals surface area contributed by atoms with Crippen LogP contribution in [0.2, 0.25) is 0 Å². The van der Waals surface area contributed by atoms with Crippen molar-refractivity contribution in [1.82, 2.24) is 0 Å². The lowest BCUT2D eigenvalue weighted by molar-refractivity contribution is -0.156. The number of rotatable bonds is 10. The van der Waals surface area contributed by atoms with Crippen molar-refractivity contribution in [1.29, 1.82) is 0 Å². The molecule has 1 aliphatic rings. The summed E-state index contributed by atoms with van der Waals surface area (Å²) in [5.41, 5.74) is 0.121. The molecule has 0 aliphatic heterocycles. The maximum atomic E-state index is 12.4. The van der Waals surface area contributed by atoms with Crippen LogP contribution >= 0.6 is 0 Å². The van der Waals surface area contributed by atoms with Crippen molar-refractivity contribution in [2.75, 3.05) is 13.2 Å². The van der Waals surface area contributed by atoms with Gasteiger partial charge in [-0.3, -0.25) is 9.59 Å². The fourth-order valence-corrected chi connectivity index (χ4v) is 3.19. The van der Waals surface area contributed by atoms with Crippen LogP contribution in [-0.4, -0.2) is 25.2 Å². The van der Waals surface area contributed by atoms with Crippen LogP contribution in [0.25, 0.3) is 0 Å². The Morgan fingerprint density at radius 1 is 0.962 bits per heavy atom. The van der Waals surface area contributed by atoms with Crippen molar-refractivity contribution >= 4 is 11.9 Å². The maximum Gasteiger partial charge on any atom is 0.308 e. The fraction of sp³-hybridized carbons (Fsp3) is 0.909. The Kier molecular flexibility index (Phi) is 10.3. The highest BCUT2D eigenvalue weighted by atomic mass is 16.5. The molecule has 4 nitrogen and oxygen atoms in total. The lowest BCUT2D eigenvalue weighted by Gasteiger charge is -2.29. The van der Waals surface area contributed by atoms with Crippen molar-refractivity contribution in [3.8, 4) is 0 Å². The second kappa shape index (κ2) is 11.6. The van der Waals surface area contributed by atoms with Crippen LogP contribution in [0.1, 0.15) is 92.4 Å². The molecular formula is C22H40O4. The van der Waals surface area contributed by atoms with Crippen LogP contribution in [0.5, 0.6) is 0 Å². The number of carbonyl (C=O) groups excluding carboxylic acids is 2. The van der Waals surface area contributed by atoms with E-state index < -0.39 is 0 Å². The molecule has 152 valence electrons. The molecule has 0 aromatic rings. The number of ether oxygens (including phenoxy) is 2. The van der Waals surface area contributed by atoms with Crippen molar-refractivity contribution in [2.24, 2.45) is 23.2 Å². The number of esters is 2. The molecule has 4 heteroatoms. The molecule has 0 heterocycles. The Morgan fingerprint density at radius 2 is 1.54 bits per heavy atom. The molecular weight excluding hydrogens is 328 g/mol. The van der Waals surface area contributed by atoms with Crippen LogP contribution in [0.15, 0.2) is 0 Å². The first-order chi connectivity index (χ1) is 12.3. The fourth-order valence-electron chi connectivity index (χ4n) is 3.19. The highest BCUT2D eigenvalue weighted by Crippen LogP contribution is 2.32. The summed E-state index contributed by atoms with van der Waals surface area (Å²) in [6, 6.07) is 0. The number of hydrogen-bond donors (Lipinski definition) is 0. The maximum absolute atomic E-state index is 12.4. The Hall–Kier alpha value is -1.06. The predicted molar refractivity (Wildman–Crippen MR) is 105 cm³/mol. The van der Waals surface area contributed by atoms with E-state index in [2.05, 4.69) is 34.6 Å². The van der Waals surface area contributed by atoms with E-state index in [4.69, 9.17) is 9.47 Å². The Bertz CT molecular complexity index is 424. The highest BCUT2D eigenvalue weighted by molar-refractivity contribution is 5.76. The molecule has 0 aromatic heterocycles. The average Bonchev–Trinajstić information content (AvgIpc) is 2.61. The zero-order valence-electron chi connectivity index (χ0n) is 17.6. The van der Waals surface area contributed by atoms with E-state index in [-0.39, 0.29) is 29.2 Å². The third kappa shape index (κ3) is 8.55. The Morgan fingerprint density at radius 3 is 2.12 bits per heavy atom. The molecule has 0 amide bonds. The van der Waals surface area contributed by atoms with Gasteiger partial charge in [-0.2, -0.15) is 0 Å². The van der Waals surface area contributed by atoms with E-state index >= 15 is 0 Å². The average molecular weight is 369 g/mol. The van der Waals surface area contributed by atoms with Gasteiger partial charge < -0.3 is 9.47 Å². The van der Waals surface area contributed by atoms with E-state index in [1.54, 1.807) is 0 Å². The van der Waals surface area contributed by atoms with Gasteiger partial charge in [0.05, 0.1) is 25.0 Å². The molecule has 1 rings (SSSR count). The molecule has 0 spiro atoms. The van der Waals surface area contributed by atoms with E-state index in [1.165, 1.54) is 19.3 Å². The van der Waals surface area contributed by atoms with E-state index in [1.807, 2.05) is 0 Å². The van der Waals surface area contributed by atoms with Crippen molar-refractivity contribution in [3.63, 3.8) is 0 Å². The molecule has 3 atom stereocenters. The van der Waals surface area contributed by atoms with Gasteiger partial charge in [-0.05, 0) is 37.0 Å². The van der Waals surface area contributed by atoms with Gasteiger partial charge in [0.1, 0.15) is 0 Å². The van der Waals surface area contributed by atoms with Crippen LogP contribution in [0.4, 0.5) is 0 Å². The Labute approximate surface area is 160 Å². The summed E-state index contributed by atoms with van der Waals surface area (Å²) < 4.78 is 11.0. The molecule has 1 fully saturated rings. The molecule has 1 aliphatic carbocycles. The largest absolute Gasteiger partial charge is 0.465 e. The lowest BCUT2D eigenvalue weighted by atomic mass is 9.81. The summed E-state index contributed by atoms with van der Waals surface area (Å²) in [4.78, 5) is 24.7. The topological polar surface area (TPSA) is 52.6 Å². The SMILES string of the molecule is CCCCCCCOC(=O)C1CCCC(C(=O)OCC(C)C(C)(C)C)C1. The minimum absolute atomic E-state index is 0.121. The molecule has 0 aromatic carbocycles. The molecule has 0 saturated heterocycles. The summed E-state index contributed by atoms with van der Waals surface area (Å²) in [6.45, 7) is 11.7. The van der Waals surface area contributed by atoms with E-state index in [0.717, 1.165) is 32.1 Å². The summed E-state index contributed by atoms with van der Waals surface area (Å²) in [7, 11) is 0. The predicted octanol–water partition coefficient (Wildman–Crippen LogP) is 5.53. The first-order valence-electron chi connectivity index (χ1n) is 10.6.